The predicted octanol–water partition coefficient (Wildman–Crippen LogP) is 4.55. The fourth-order valence-electron chi connectivity index (χ4n) is 2.14. The van der Waals surface area contributed by atoms with Crippen LogP contribution in [-0.2, 0) is 10.9 Å². The van der Waals surface area contributed by atoms with Crippen LogP contribution < -0.4 is 0 Å². The van der Waals surface area contributed by atoms with Crippen LogP contribution in [0, 0.1) is 0 Å². The molecule has 4 nitrogen and oxygen atoms in total. The van der Waals surface area contributed by atoms with Gasteiger partial charge in [0.1, 0.15) is 9.88 Å². The zero-order chi connectivity index (χ0) is 17.3. The Morgan fingerprint density at radius 2 is 1.92 bits per heavy atom. The molecule has 0 spiro atoms. The lowest BCUT2D eigenvalue weighted by Gasteiger charge is -2.05. The summed E-state index contributed by atoms with van der Waals surface area (Å²) in [6.45, 7) is 1.51. The van der Waals surface area contributed by atoms with Crippen molar-refractivity contribution in [1.29, 1.82) is 0 Å². The summed E-state index contributed by atoms with van der Waals surface area (Å²) in [5, 5.41) is 0.885. The van der Waals surface area contributed by atoms with Gasteiger partial charge < -0.3 is 4.74 Å². The highest BCUT2D eigenvalue weighted by Gasteiger charge is 2.40. The molecule has 0 atom stereocenters. The van der Waals surface area contributed by atoms with E-state index >= 15 is 0 Å². The number of hydrogen-bond acceptors (Lipinski definition) is 5. The van der Waals surface area contributed by atoms with Crippen molar-refractivity contribution in [3.63, 3.8) is 0 Å². The highest BCUT2D eigenvalue weighted by atomic mass is 32.1. The van der Waals surface area contributed by atoms with E-state index in [-0.39, 0.29) is 17.3 Å². The minimum absolute atomic E-state index is 0.0163. The summed E-state index contributed by atoms with van der Waals surface area (Å²) < 4.78 is 44.1. The lowest BCUT2D eigenvalue weighted by atomic mass is 10.2. The molecule has 0 aliphatic rings. The standard InChI is InChI=1S/C16H11F3N2O2S/c1-2-23-15(22)12-13(16(17,18)19)21-14(24-12)11-8-7-9-5-3-4-6-10(9)20-11/h3-8H,2H2,1H3. The molecule has 8 heteroatoms. The quantitative estimate of drug-likeness (QED) is 0.649. The Balaban J connectivity index is 2.11. The van der Waals surface area contributed by atoms with Gasteiger partial charge in [0, 0.05) is 5.39 Å². The topological polar surface area (TPSA) is 52.1 Å². The Labute approximate surface area is 138 Å². The van der Waals surface area contributed by atoms with Gasteiger partial charge in [-0.2, -0.15) is 13.2 Å². The zero-order valence-corrected chi connectivity index (χ0v) is 13.2. The first-order valence-electron chi connectivity index (χ1n) is 7.01. The van der Waals surface area contributed by atoms with E-state index in [1.807, 2.05) is 12.1 Å². The largest absolute Gasteiger partial charge is 0.462 e. The van der Waals surface area contributed by atoms with Crippen LogP contribution in [0.5, 0.6) is 0 Å². The molecule has 1 aromatic carbocycles. The van der Waals surface area contributed by atoms with Gasteiger partial charge in [0.2, 0.25) is 0 Å². The molecule has 0 amide bonds. The molecule has 3 aromatic rings. The second kappa shape index (κ2) is 6.20. The number of benzene rings is 1. The third-order valence-corrected chi connectivity index (χ3v) is 4.23. The van der Waals surface area contributed by atoms with Crippen molar-refractivity contribution in [2.75, 3.05) is 6.61 Å². The van der Waals surface area contributed by atoms with Crippen LogP contribution in [0.15, 0.2) is 36.4 Å². The van der Waals surface area contributed by atoms with Crippen molar-refractivity contribution >= 4 is 28.2 Å². The molecule has 24 heavy (non-hydrogen) atoms. The van der Waals surface area contributed by atoms with Crippen molar-refractivity contribution in [1.82, 2.24) is 9.97 Å². The SMILES string of the molecule is CCOC(=O)c1sc(-c2ccc3ccccc3n2)nc1C(F)(F)F. The molecule has 124 valence electrons. The number of ether oxygens (including phenoxy) is 1. The minimum Gasteiger partial charge on any atom is -0.462 e. The second-order valence-electron chi connectivity index (χ2n) is 4.80. The number of nitrogens with zero attached hydrogens (tertiary/aromatic N) is 2. The van der Waals surface area contributed by atoms with Gasteiger partial charge in [-0.1, -0.05) is 24.3 Å². The lowest BCUT2D eigenvalue weighted by Crippen LogP contribution is -2.13. The van der Waals surface area contributed by atoms with E-state index in [1.54, 1.807) is 24.3 Å². The number of pyridine rings is 1. The predicted molar refractivity (Wildman–Crippen MR) is 83.8 cm³/mol. The monoisotopic (exact) mass is 352 g/mol. The molecule has 0 unspecified atom stereocenters. The van der Waals surface area contributed by atoms with Crippen molar-refractivity contribution in [2.24, 2.45) is 0 Å². The third kappa shape index (κ3) is 3.09. The van der Waals surface area contributed by atoms with Gasteiger partial charge in [-0.3, -0.25) is 0 Å². The molecule has 0 saturated carbocycles. The van der Waals surface area contributed by atoms with E-state index in [4.69, 9.17) is 4.74 Å². The van der Waals surface area contributed by atoms with E-state index < -0.39 is 22.7 Å². The Morgan fingerprint density at radius 1 is 1.17 bits per heavy atom. The second-order valence-corrected chi connectivity index (χ2v) is 5.80. The molecular weight excluding hydrogens is 341 g/mol. The minimum atomic E-state index is -4.74. The van der Waals surface area contributed by atoms with Crippen LogP contribution in [0.3, 0.4) is 0 Å². The van der Waals surface area contributed by atoms with Crippen LogP contribution in [0.25, 0.3) is 21.6 Å². The number of hydrogen-bond donors (Lipinski definition) is 0. The number of rotatable bonds is 3. The van der Waals surface area contributed by atoms with E-state index in [0.717, 1.165) is 5.39 Å². The molecule has 0 saturated heterocycles. The third-order valence-electron chi connectivity index (χ3n) is 3.17. The molecule has 3 rings (SSSR count). The average Bonchev–Trinajstić information content (AvgIpc) is 3.00. The smallest absolute Gasteiger partial charge is 0.435 e. The van der Waals surface area contributed by atoms with Crippen molar-refractivity contribution in [3.05, 3.63) is 47.0 Å². The number of thiazole rings is 1. The molecule has 2 aromatic heterocycles. The lowest BCUT2D eigenvalue weighted by molar-refractivity contribution is -0.141. The molecule has 0 N–H and O–H groups in total. The summed E-state index contributed by atoms with van der Waals surface area (Å²) in [6.07, 6.45) is -4.74. The number of carbonyl (C=O) groups is 1. The maximum absolute atomic E-state index is 13.1. The van der Waals surface area contributed by atoms with E-state index in [0.29, 0.717) is 16.9 Å². The molecule has 0 radical (unpaired) electrons. The van der Waals surface area contributed by atoms with Crippen LogP contribution >= 0.6 is 11.3 Å². The highest BCUT2D eigenvalue weighted by molar-refractivity contribution is 7.17. The van der Waals surface area contributed by atoms with Crippen LogP contribution in [0.1, 0.15) is 22.3 Å². The summed E-state index contributed by atoms with van der Waals surface area (Å²) in [4.78, 5) is 19.1. The number of fused-ring (bicyclic) bond motifs is 1. The number of para-hydroxylation sites is 1. The van der Waals surface area contributed by atoms with Gasteiger partial charge in [0.05, 0.1) is 17.8 Å². The highest BCUT2D eigenvalue weighted by Crippen LogP contribution is 2.37. The number of carbonyl (C=O) groups excluding carboxylic acids is 1. The van der Waals surface area contributed by atoms with Gasteiger partial charge >= 0.3 is 12.1 Å². The van der Waals surface area contributed by atoms with Gasteiger partial charge in [-0.25, -0.2) is 14.8 Å². The van der Waals surface area contributed by atoms with Crippen LogP contribution in [-0.4, -0.2) is 22.5 Å². The summed E-state index contributed by atoms with van der Waals surface area (Å²) in [7, 11) is 0. The average molecular weight is 352 g/mol. The molecule has 2 heterocycles. The van der Waals surface area contributed by atoms with Gasteiger partial charge in [-0.15, -0.1) is 11.3 Å². The van der Waals surface area contributed by atoms with Gasteiger partial charge in [-0.05, 0) is 19.1 Å². The summed E-state index contributed by atoms with van der Waals surface area (Å²) in [5.74, 6) is -1.03. The number of esters is 1. The number of alkyl halides is 3. The van der Waals surface area contributed by atoms with E-state index in [1.165, 1.54) is 6.92 Å². The molecular formula is C16H11F3N2O2S. The molecule has 0 fully saturated rings. The Kier molecular flexibility index (Phi) is 4.23. The maximum Gasteiger partial charge on any atom is 0.435 e. The van der Waals surface area contributed by atoms with E-state index in [9.17, 15) is 18.0 Å². The Bertz CT molecular complexity index is 906. The number of halogens is 3. The normalized spacial score (nSPS) is 11.7. The molecule has 0 bridgehead atoms. The van der Waals surface area contributed by atoms with Crippen LogP contribution in [0.4, 0.5) is 13.2 Å². The van der Waals surface area contributed by atoms with Gasteiger partial charge in [0.15, 0.2) is 5.69 Å². The van der Waals surface area contributed by atoms with Gasteiger partial charge in [0.25, 0.3) is 0 Å². The number of aromatic nitrogens is 2. The summed E-state index contributed by atoms with van der Waals surface area (Å²) in [6, 6.07) is 10.6. The first-order chi connectivity index (χ1) is 11.4. The van der Waals surface area contributed by atoms with Crippen molar-refractivity contribution < 1.29 is 22.7 Å². The summed E-state index contributed by atoms with van der Waals surface area (Å²) >= 11 is 0.628. The van der Waals surface area contributed by atoms with Crippen molar-refractivity contribution in [2.45, 2.75) is 13.1 Å². The maximum atomic E-state index is 13.1. The van der Waals surface area contributed by atoms with Crippen molar-refractivity contribution in [3.8, 4) is 10.7 Å². The Morgan fingerprint density at radius 3 is 2.62 bits per heavy atom. The van der Waals surface area contributed by atoms with Crippen LogP contribution in [0.2, 0.25) is 0 Å². The van der Waals surface area contributed by atoms with E-state index in [2.05, 4.69) is 9.97 Å². The fraction of sp³-hybridized carbons (Fsp3) is 0.188. The first-order valence-corrected chi connectivity index (χ1v) is 7.83. The molecule has 0 aliphatic heterocycles. The fourth-order valence-corrected chi connectivity index (χ4v) is 3.09. The zero-order valence-electron chi connectivity index (χ0n) is 12.4. The molecule has 0 aliphatic carbocycles. The Hall–Kier alpha value is -2.48. The first kappa shape index (κ1) is 16.4. The summed E-state index contributed by atoms with van der Waals surface area (Å²) in [5.41, 5.74) is -0.327.